The van der Waals surface area contributed by atoms with Crippen LogP contribution in [0, 0.1) is 13.3 Å². The molecule has 0 heterocycles. The number of halogens is 1. The van der Waals surface area contributed by atoms with Crippen molar-refractivity contribution in [1.82, 2.24) is 0 Å². The summed E-state index contributed by atoms with van der Waals surface area (Å²) in [6, 6.07) is 0. The van der Waals surface area contributed by atoms with Crippen LogP contribution in [-0.2, 0) is 0 Å². The predicted octanol–water partition coefficient (Wildman–Crippen LogP) is -3.52. The third kappa shape index (κ3) is 103. The predicted molar refractivity (Wildman–Crippen MR) is 41.7 cm³/mol. The Morgan fingerprint density at radius 2 is 1.40 bits per heavy atom. The van der Waals surface area contributed by atoms with Gasteiger partial charge in [-0.1, -0.05) is 13.3 Å². The summed E-state index contributed by atoms with van der Waals surface area (Å²) in [5.74, 6) is 0. The fourth-order valence-electron chi connectivity index (χ4n) is 0. The zero-order valence-electron chi connectivity index (χ0n) is 7.78. The van der Waals surface area contributed by atoms with E-state index in [0.717, 1.165) is 6.42 Å². The molecule has 0 nitrogen and oxygen atoms in total. The molecule has 0 unspecified atom stereocenters. The molecular formula is C7H16ClLiMg. The minimum Gasteiger partial charge on any atom is -1.00 e. The molecule has 0 N–H and O–H groups in total. The Morgan fingerprint density at radius 3 is 1.40 bits per heavy atom. The number of hydrogen-bond donors (Lipinski definition) is 0. The summed E-state index contributed by atoms with van der Waals surface area (Å²) in [6.07, 6.45) is 4.28. The summed E-state index contributed by atoms with van der Waals surface area (Å²) < 4.78 is 0. The second-order valence-corrected chi connectivity index (χ2v) is 1.43. The van der Waals surface area contributed by atoms with Gasteiger partial charge in [0.05, 0.1) is 0 Å². The van der Waals surface area contributed by atoms with Crippen LogP contribution in [0.5, 0.6) is 0 Å². The number of hydrogen-bond acceptors (Lipinski definition) is 0. The summed E-state index contributed by atoms with van der Waals surface area (Å²) in [6.45, 7) is 9.72. The number of rotatable bonds is 1. The van der Waals surface area contributed by atoms with Crippen molar-refractivity contribution in [2.24, 2.45) is 0 Å². The van der Waals surface area contributed by atoms with E-state index >= 15 is 0 Å². The van der Waals surface area contributed by atoms with Crippen LogP contribution in [0.25, 0.3) is 0 Å². The maximum absolute atomic E-state index is 3.60. The standard InChI is InChI=1S/C4H9.C3H7.ClH.Li.Mg/c1-3-4-2;1-3-2;;;/h1,3-4H2,2H3;3H,1-2H3;1H;;/q2*-1;;+1;+2/p-1. The molecule has 54 valence electrons. The van der Waals surface area contributed by atoms with E-state index in [4.69, 9.17) is 0 Å². The summed E-state index contributed by atoms with van der Waals surface area (Å²) in [5.41, 5.74) is 0. The van der Waals surface area contributed by atoms with Gasteiger partial charge in [-0.15, -0.1) is 0 Å². The van der Waals surface area contributed by atoms with Crippen LogP contribution in [0.4, 0.5) is 0 Å². The largest absolute Gasteiger partial charge is 2.00 e. The quantitative estimate of drug-likeness (QED) is 0.280. The molecule has 0 aromatic carbocycles. The molecule has 0 amide bonds. The molecular weight excluding hydrogens is 151 g/mol. The Kier molecular flexibility index (Phi) is 137. The maximum atomic E-state index is 3.60. The van der Waals surface area contributed by atoms with Gasteiger partial charge in [-0.25, -0.2) is 0 Å². The Hall–Kier alpha value is 1.65. The van der Waals surface area contributed by atoms with Gasteiger partial charge in [0, 0.05) is 0 Å². The van der Waals surface area contributed by atoms with E-state index < -0.39 is 0 Å². The maximum Gasteiger partial charge on any atom is 2.00 e. The van der Waals surface area contributed by atoms with E-state index in [1.807, 2.05) is 20.3 Å². The van der Waals surface area contributed by atoms with Gasteiger partial charge in [0.25, 0.3) is 0 Å². The Bertz CT molecular complexity index is 21.1. The van der Waals surface area contributed by atoms with E-state index in [2.05, 4.69) is 13.8 Å². The summed E-state index contributed by atoms with van der Waals surface area (Å²) in [4.78, 5) is 0. The third-order valence-corrected chi connectivity index (χ3v) is 0.354. The van der Waals surface area contributed by atoms with Gasteiger partial charge in [-0.3, -0.25) is 0 Å². The van der Waals surface area contributed by atoms with Crippen molar-refractivity contribution in [3.63, 3.8) is 0 Å². The van der Waals surface area contributed by atoms with Crippen molar-refractivity contribution < 1.29 is 31.3 Å². The van der Waals surface area contributed by atoms with Gasteiger partial charge in [-0.05, 0) is 0 Å². The molecule has 0 aliphatic carbocycles. The van der Waals surface area contributed by atoms with Crippen molar-refractivity contribution in [2.75, 3.05) is 0 Å². The molecule has 0 bridgehead atoms. The molecule has 0 spiro atoms. The topological polar surface area (TPSA) is 0 Å². The van der Waals surface area contributed by atoms with Crippen LogP contribution in [0.15, 0.2) is 0 Å². The van der Waals surface area contributed by atoms with E-state index in [-0.39, 0.29) is 54.3 Å². The molecule has 0 saturated carbocycles. The van der Waals surface area contributed by atoms with Crippen LogP contribution in [0.2, 0.25) is 0 Å². The average molecular weight is 167 g/mol. The molecule has 10 heavy (non-hydrogen) atoms. The normalized spacial score (nSPS) is 4.80. The van der Waals surface area contributed by atoms with Crippen LogP contribution < -0.4 is 31.3 Å². The van der Waals surface area contributed by atoms with Gasteiger partial charge >= 0.3 is 41.9 Å². The zero-order chi connectivity index (χ0) is 6.12. The second-order valence-electron chi connectivity index (χ2n) is 1.43. The van der Waals surface area contributed by atoms with Crippen molar-refractivity contribution in [2.45, 2.75) is 33.6 Å². The van der Waals surface area contributed by atoms with E-state index in [1.165, 1.54) is 6.42 Å². The fourth-order valence-corrected chi connectivity index (χ4v) is 0. The molecule has 0 rings (SSSR count). The monoisotopic (exact) mass is 166 g/mol. The number of unbranched alkanes of at least 4 members (excludes halogenated alkanes) is 1. The SMILES string of the molecule is C[CH-]C.[CH2-]CCC.[Cl-].[Li+].[Mg+2]. The smallest absolute Gasteiger partial charge is 1.00 e. The Balaban J connectivity index is -0.0000000131. The van der Waals surface area contributed by atoms with Crippen molar-refractivity contribution in [3.05, 3.63) is 13.3 Å². The van der Waals surface area contributed by atoms with Crippen molar-refractivity contribution >= 4 is 23.1 Å². The molecule has 0 fully saturated rings. The summed E-state index contributed by atoms with van der Waals surface area (Å²) in [7, 11) is 0. The first kappa shape index (κ1) is 29.9. The van der Waals surface area contributed by atoms with E-state index in [0.29, 0.717) is 0 Å². The van der Waals surface area contributed by atoms with Gasteiger partial charge in [0.1, 0.15) is 0 Å². The Morgan fingerprint density at radius 1 is 1.30 bits per heavy atom. The average Bonchev–Trinajstić information content (AvgIpc) is 1.69. The first-order valence-corrected chi connectivity index (χ1v) is 2.86. The molecule has 0 atom stereocenters. The molecule has 3 heteroatoms. The van der Waals surface area contributed by atoms with E-state index in [1.54, 1.807) is 0 Å². The minimum absolute atomic E-state index is 0. The zero-order valence-corrected chi connectivity index (χ0v) is 9.95. The van der Waals surface area contributed by atoms with Gasteiger partial charge in [0.2, 0.25) is 0 Å². The van der Waals surface area contributed by atoms with Crippen molar-refractivity contribution in [3.8, 4) is 0 Å². The van der Waals surface area contributed by atoms with Gasteiger partial charge in [0.15, 0.2) is 0 Å². The first-order valence-electron chi connectivity index (χ1n) is 2.86. The van der Waals surface area contributed by atoms with Gasteiger partial charge in [-0.2, -0.15) is 20.3 Å². The summed E-state index contributed by atoms with van der Waals surface area (Å²) in [5, 5.41) is 0. The first-order chi connectivity index (χ1) is 3.33. The Labute approximate surface area is 101 Å². The molecule has 0 saturated heterocycles. The summed E-state index contributed by atoms with van der Waals surface area (Å²) >= 11 is 0. The van der Waals surface area contributed by atoms with Crippen molar-refractivity contribution in [1.29, 1.82) is 0 Å². The molecule has 0 aliphatic rings. The minimum atomic E-state index is 0. The van der Waals surface area contributed by atoms with E-state index in [9.17, 15) is 0 Å². The molecule has 0 aliphatic heterocycles. The second kappa shape index (κ2) is 45.8. The van der Waals surface area contributed by atoms with Gasteiger partial charge < -0.3 is 25.8 Å². The fraction of sp³-hybridized carbons (Fsp3) is 0.714. The van der Waals surface area contributed by atoms with Crippen LogP contribution >= 0.6 is 0 Å². The third-order valence-electron chi connectivity index (χ3n) is 0.354. The molecule has 0 radical (unpaired) electrons. The van der Waals surface area contributed by atoms with Crippen LogP contribution in [0.3, 0.4) is 0 Å². The van der Waals surface area contributed by atoms with Crippen LogP contribution in [-0.4, -0.2) is 23.1 Å². The molecule has 0 aromatic heterocycles. The van der Waals surface area contributed by atoms with Crippen LogP contribution in [0.1, 0.15) is 33.6 Å². The molecule has 0 aromatic rings.